The molecule has 0 aromatic rings. The Hall–Kier alpha value is -0.0800. The molecule has 0 aromatic heterocycles. The first-order valence-corrected chi connectivity index (χ1v) is 6.56. The Kier molecular flexibility index (Phi) is 3.68. The van der Waals surface area contributed by atoms with E-state index in [2.05, 4.69) is 6.92 Å². The van der Waals surface area contributed by atoms with Gasteiger partial charge < -0.3 is 10.5 Å². The van der Waals surface area contributed by atoms with Crippen LogP contribution in [0.5, 0.6) is 0 Å². The van der Waals surface area contributed by atoms with Crippen molar-refractivity contribution in [1.82, 2.24) is 0 Å². The van der Waals surface area contributed by atoms with Crippen LogP contribution in [0.1, 0.15) is 51.9 Å². The summed E-state index contributed by atoms with van der Waals surface area (Å²) in [5.74, 6) is 0.710. The highest BCUT2D eigenvalue weighted by atomic mass is 16.5. The second-order valence-electron chi connectivity index (χ2n) is 5.69. The predicted molar refractivity (Wildman–Crippen MR) is 62.7 cm³/mol. The fourth-order valence-electron chi connectivity index (χ4n) is 3.34. The molecule has 1 unspecified atom stereocenters. The number of hydrogen-bond acceptors (Lipinski definition) is 2. The largest absolute Gasteiger partial charge is 0.381 e. The number of rotatable bonds is 2. The molecule has 2 N–H and O–H groups in total. The molecule has 15 heavy (non-hydrogen) atoms. The van der Waals surface area contributed by atoms with Crippen LogP contribution in [-0.2, 0) is 4.74 Å². The average molecular weight is 211 g/mol. The van der Waals surface area contributed by atoms with Gasteiger partial charge in [-0.2, -0.15) is 0 Å². The van der Waals surface area contributed by atoms with E-state index >= 15 is 0 Å². The standard InChI is InChI=1S/C13H25NO/c1-13(7-3-2-4-8-13)12(14)11-5-9-15-10-6-11/h11-12H,2-10,14H2,1H3. The maximum absolute atomic E-state index is 6.50. The van der Waals surface area contributed by atoms with Crippen LogP contribution in [0.25, 0.3) is 0 Å². The third kappa shape index (κ3) is 2.54. The lowest BCUT2D eigenvalue weighted by atomic mass is 9.66. The van der Waals surface area contributed by atoms with Crippen molar-refractivity contribution in [3.05, 3.63) is 0 Å². The van der Waals surface area contributed by atoms with Crippen molar-refractivity contribution >= 4 is 0 Å². The number of nitrogens with two attached hydrogens (primary N) is 1. The van der Waals surface area contributed by atoms with Gasteiger partial charge in [-0.25, -0.2) is 0 Å². The van der Waals surface area contributed by atoms with Crippen LogP contribution < -0.4 is 5.73 Å². The van der Waals surface area contributed by atoms with Crippen LogP contribution in [0.15, 0.2) is 0 Å². The summed E-state index contributed by atoms with van der Waals surface area (Å²) >= 11 is 0. The van der Waals surface area contributed by atoms with E-state index in [9.17, 15) is 0 Å². The zero-order valence-electron chi connectivity index (χ0n) is 10.0. The van der Waals surface area contributed by atoms with E-state index in [1.54, 1.807) is 0 Å². The zero-order chi connectivity index (χ0) is 10.7. The van der Waals surface area contributed by atoms with E-state index in [1.807, 2.05) is 0 Å². The molecule has 2 fully saturated rings. The smallest absolute Gasteiger partial charge is 0.0469 e. The van der Waals surface area contributed by atoms with Crippen molar-refractivity contribution in [2.24, 2.45) is 17.1 Å². The van der Waals surface area contributed by atoms with Gasteiger partial charge in [0.15, 0.2) is 0 Å². The monoisotopic (exact) mass is 211 g/mol. The predicted octanol–water partition coefficient (Wildman–Crippen LogP) is 2.71. The molecule has 0 amide bonds. The van der Waals surface area contributed by atoms with Crippen LogP contribution in [-0.4, -0.2) is 19.3 Å². The van der Waals surface area contributed by atoms with E-state index in [0.717, 1.165) is 13.2 Å². The second-order valence-corrected chi connectivity index (χ2v) is 5.69. The molecule has 1 saturated carbocycles. The SMILES string of the molecule is CC1(C(N)C2CCOCC2)CCCCC1. The topological polar surface area (TPSA) is 35.2 Å². The summed E-state index contributed by atoms with van der Waals surface area (Å²) in [6, 6.07) is 0.404. The van der Waals surface area contributed by atoms with Gasteiger partial charge in [0.2, 0.25) is 0 Å². The molecule has 2 rings (SSSR count). The van der Waals surface area contributed by atoms with E-state index < -0.39 is 0 Å². The van der Waals surface area contributed by atoms with Crippen molar-refractivity contribution in [3.8, 4) is 0 Å². The van der Waals surface area contributed by atoms with Crippen molar-refractivity contribution in [2.75, 3.05) is 13.2 Å². The number of ether oxygens (including phenoxy) is 1. The molecular formula is C13H25NO. The third-order valence-electron chi connectivity index (χ3n) is 4.57. The summed E-state index contributed by atoms with van der Waals surface area (Å²) in [6.45, 7) is 4.26. The maximum atomic E-state index is 6.50. The molecule has 1 aliphatic carbocycles. The fraction of sp³-hybridized carbons (Fsp3) is 1.00. The quantitative estimate of drug-likeness (QED) is 0.762. The van der Waals surface area contributed by atoms with Crippen molar-refractivity contribution < 1.29 is 4.74 Å². The molecule has 0 aromatic carbocycles. The third-order valence-corrected chi connectivity index (χ3v) is 4.57. The van der Waals surface area contributed by atoms with Crippen LogP contribution in [0.3, 0.4) is 0 Å². The van der Waals surface area contributed by atoms with Crippen LogP contribution in [0, 0.1) is 11.3 Å². The normalized spacial score (nSPS) is 30.0. The highest BCUT2D eigenvalue weighted by Gasteiger charge is 2.37. The van der Waals surface area contributed by atoms with Gasteiger partial charge in [-0.1, -0.05) is 26.2 Å². The van der Waals surface area contributed by atoms with Gasteiger partial charge in [0.25, 0.3) is 0 Å². The highest BCUT2D eigenvalue weighted by molar-refractivity contribution is 4.92. The lowest BCUT2D eigenvalue weighted by molar-refractivity contribution is 0.0283. The van der Waals surface area contributed by atoms with E-state index in [4.69, 9.17) is 10.5 Å². The summed E-state index contributed by atoms with van der Waals surface area (Å²) in [4.78, 5) is 0. The Morgan fingerprint density at radius 3 is 2.33 bits per heavy atom. The average Bonchev–Trinajstić information content (AvgIpc) is 2.30. The summed E-state index contributed by atoms with van der Waals surface area (Å²) < 4.78 is 5.41. The van der Waals surface area contributed by atoms with Crippen LogP contribution in [0.4, 0.5) is 0 Å². The second kappa shape index (κ2) is 4.84. The molecular weight excluding hydrogens is 186 g/mol. The Bertz CT molecular complexity index is 193. The maximum Gasteiger partial charge on any atom is 0.0469 e. The first kappa shape index (κ1) is 11.4. The van der Waals surface area contributed by atoms with E-state index in [-0.39, 0.29) is 0 Å². The number of hydrogen-bond donors (Lipinski definition) is 1. The first-order chi connectivity index (χ1) is 7.22. The summed E-state index contributed by atoms with van der Waals surface area (Å²) in [6.07, 6.45) is 9.21. The molecule has 2 aliphatic rings. The first-order valence-electron chi connectivity index (χ1n) is 6.56. The molecule has 0 radical (unpaired) electrons. The minimum atomic E-state index is 0.404. The summed E-state index contributed by atoms with van der Waals surface area (Å²) in [7, 11) is 0. The lowest BCUT2D eigenvalue weighted by Crippen LogP contribution is -2.47. The molecule has 0 bridgehead atoms. The van der Waals surface area contributed by atoms with Gasteiger partial charge in [-0.3, -0.25) is 0 Å². The van der Waals surface area contributed by atoms with Gasteiger partial charge >= 0.3 is 0 Å². The fourth-order valence-corrected chi connectivity index (χ4v) is 3.34. The van der Waals surface area contributed by atoms with Gasteiger partial charge in [-0.15, -0.1) is 0 Å². The highest BCUT2D eigenvalue weighted by Crippen LogP contribution is 2.41. The van der Waals surface area contributed by atoms with Crippen LogP contribution >= 0.6 is 0 Å². The molecule has 2 nitrogen and oxygen atoms in total. The van der Waals surface area contributed by atoms with Crippen molar-refractivity contribution in [1.29, 1.82) is 0 Å². The summed E-state index contributed by atoms with van der Waals surface area (Å²) in [5, 5.41) is 0. The van der Waals surface area contributed by atoms with Gasteiger partial charge in [0, 0.05) is 19.3 Å². The van der Waals surface area contributed by atoms with Crippen molar-refractivity contribution in [3.63, 3.8) is 0 Å². The molecule has 1 aliphatic heterocycles. The Morgan fingerprint density at radius 2 is 1.73 bits per heavy atom. The Morgan fingerprint density at radius 1 is 1.13 bits per heavy atom. The molecule has 1 heterocycles. The van der Waals surface area contributed by atoms with Crippen LogP contribution in [0.2, 0.25) is 0 Å². The Labute approximate surface area is 93.6 Å². The van der Waals surface area contributed by atoms with Crippen molar-refractivity contribution in [2.45, 2.75) is 57.9 Å². The van der Waals surface area contributed by atoms with E-state index in [0.29, 0.717) is 17.4 Å². The van der Waals surface area contributed by atoms with Gasteiger partial charge in [0.05, 0.1) is 0 Å². The molecule has 88 valence electrons. The molecule has 2 heteroatoms. The lowest BCUT2D eigenvalue weighted by Gasteiger charge is -2.43. The van der Waals surface area contributed by atoms with Gasteiger partial charge in [0.1, 0.15) is 0 Å². The zero-order valence-corrected chi connectivity index (χ0v) is 10.0. The minimum absolute atomic E-state index is 0.404. The molecule has 0 spiro atoms. The Balaban J connectivity index is 1.94. The summed E-state index contributed by atoms with van der Waals surface area (Å²) in [5.41, 5.74) is 6.92. The minimum Gasteiger partial charge on any atom is -0.381 e. The molecule has 1 atom stereocenters. The molecule has 1 saturated heterocycles. The van der Waals surface area contributed by atoms with E-state index in [1.165, 1.54) is 44.9 Å². The van der Waals surface area contributed by atoms with Gasteiger partial charge in [-0.05, 0) is 37.0 Å².